The van der Waals surface area contributed by atoms with Gasteiger partial charge in [-0.2, -0.15) is 13.6 Å². The summed E-state index contributed by atoms with van der Waals surface area (Å²) in [5.74, 6) is -27.2. The van der Waals surface area contributed by atoms with Crippen molar-refractivity contribution in [1.82, 2.24) is 73.4 Å². The zero-order valence-corrected chi connectivity index (χ0v) is 81.9. The van der Waals surface area contributed by atoms with Crippen LogP contribution in [0.1, 0.15) is 181 Å². The third-order valence-corrected chi connectivity index (χ3v) is 26.2. The summed E-state index contributed by atoms with van der Waals surface area (Å²) in [5, 5.41) is 89.5. The third-order valence-electron chi connectivity index (χ3n) is 21.2. The van der Waals surface area contributed by atoms with Gasteiger partial charge in [0.25, 0.3) is 5.91 Å². The molecule has 0 bridgehead atoms. The number of carboxylic acids is 4. The standard InChI is InChI=1S/C80H123N20O39P3S/c1-8-39(6)65(78(126)96-52(35-101)77(125)91-46(17-21-62(108)109)72(120)90-47(18-22-63(110)111)73(121)95-51(32-64(112)113)75(123)94-49(28-37(2)3)74(122)92-48(66(84)114)31-57(83)104)98-76(124)50(29-38(4)5)93-69(117)43(14-9-10-24-81)88-70(118)44(15-19-56(82)103)89-71(119)45(16-20-61(106)107)87-67(115)40(7)86-68(116)41-12-11-13-42(30-41)100-59(105)34-55(79(100)127)143-27-25-85-58-23-26-99(80(128)97-58)60-33-53(102)54(137-60)36-136-141(132,133)139-142(134,135)138-140(129,130)131/h11-13,23,26,30,37-40,43-55,60,65,101-102H,8-10,14-22,24-25,27-29,31-36,81H2,1-7H3,(H2,82,103)(H2,83,104)(H2,84,114)(H,86,116)(H,87,115)(H,88,118)(H,89,119)(H,90,120)(H,91,125)(H,92,122)(H,93,117)(H,94,123)(H,95,121)(H,96,126)(H,98,124)(H,106,107)(H,108,109)(H,110,111)(H,112,113)(H,132,133)(H,134,135)(H,85,97,128)(H2,129,130,131)/t39-,40-,43-,44-,45-,46-,47-,48-,49-,50-,51-,52-,53-,54+,55?,60+,65-/m0/s1. The first-order chi connectivity index (χ1) is 66.7. The molecule has 1 aromatic carbocycles. The van der Waals surface area contributed by atoms with Crippen molar-refractivity contribution in [2.24, 2.45) is 40.7 Å². The second kappa shape index (κ2) is 58.4. The Labute approximate surface area is 819 Å². The number of anilines is 2. The first-order valence-electron chi connectivity index (χ1n) is 44.4. The number of aromatic nitrogens is 2. The lowest BCUT2D eigenvalue weighted by Crippen LogP contribution is -2.62. The molecule has 17 amide bonds. The molecule has 0 spiro atoms. The molecule has 0 radical (unpaired) electrons. The Balaban J connectivity index is 1.47. The molecule has 4 rings (SSSR count). The number of carbonyl (C=O) groups is 21. The Kier molecular flexibility index (Phi) is 50.1. The normalized spacial score (nSPS) is 18.2. The van der Waals surface area contributed by atoms with Crippen molar-refractivity contribution in [2.75, 3.05) is 42.3 Å². The molecule has 2 aliphatic heterocycles. The third kappa shape index (κ3) is 43.3. The summed E-state index contributed by atoms with van der Waals surface area (Å²) in [6, 6.07) is -15.3. The van der Waals surface area contributed by atoms with Crippen molar-refractivity contribution in [2.45, 2.75) is 260 Å². The van der Waals surface area contributed by atoms with E-state index in [2.05, 4.69) is 87.2 Å². The molecule has 2 saturated heterocycles. The number of nitrogens with one attached hydrogen (secondary N) is 13. The molecule has 1 aromatic heterocycles. The molecule has 2 aliphatic rings. The van der Waals surface area contributed by atoms with Crippen LogP contribution in [0.5, 0.6) is 0 Å². The van der Waals surface area contributed by atoms with E-state index >= 15 is 0 Å². The van der Waals surface area contributed by atoms with E-state index < -0.39 is 345 Å². The molecule has 3 unspecified atom stereocenters. The van der Waals surface area contributed by atoms with Crippen LogP contribution in [-0.2, 0) is 127 Å². The number of carbonyl (C=O) groups excluding carboxylic acids is 17. The number of unbranched alkanes of at least 4 members (excludes halogenated alkanes) is 1. The van der Waals surface area contributed by atoms with Crippen molar-refractivity contribution in [3.8, 4) is 0 Å². The fourth-order valence-corrected chi connectivity index (χ4v) is 17.8. The second-order valence-electron chi connectivity index (χ2n) is 33.8. The van der Waals surface area contributed by atoms with Crippen LogP contribution in [0.2, 0.25) is 0 Å². The fourth-order valence-electron chi connectivity index (χ4n) is 13.8. The summed E-state index contributed by atoms with van der Waals surface area (Å²) < 4.78 is 53.1. The van der Waals surface area contributed by atoms with Crippen LogP contribution < -0.4 is 103 Å². The number of aliphatic carboxylic acids is 4. The van der Waals surface area contributed by atoms with Gasteiger partial charge in [0.1, 0.15) is 90.7 Å². The largest absolute Gasteiger partial charge is 0.490 e. The van der Waals surface area contributed by atoms with Crippen LogP contribution in [0, 0.1) is 17.8 Å². The lowest BCUT2D eigenvalue weighted by Gasteiger charge is -2.30. The van der Waals surface area contributed by atoms with Crippen LogP contribution in [0.25, 0.3) is 0 Å². The summed E-state index contributed by atoms with van der Waals surface area (Å²) in [7, 11) is -17.1. The maximum absolute atomic E-state index is 14.6. The van der Waals surface area contributed by atoms with E-state index in [4.69, 9.17) is 37.5 Å². The number of phosphoric ester groups is 1. The highest BCUT2D eigenvalue weighted by Crippen LogP contribution is 2.66. The van der Waals surface area contributed by atoms with E-state index in [1.807, 2.05) is 0 Å². The summed E-state index contributed by atoms with van der Waals surface area (Å²) in [6.45, 7) is 8.44. The number of nitrogens with zero attached hydrogens (tertiary/aromatic N) is 3. The van der Waals surface area contributed by atoms with Gasteiger partial charge >= 0.3 is 53.0 Å². The highest BCUT2D eigenvalue weighted by molar-refractivity contribution is 8.00. The van der Waals surface area contributed by atoms with Gasteiger partial charge in [-0.1, -0.05) is 54.0 Å². The smallest absolute Gasteiger partial charge is 0.481 e. The molecule has 2 aromatic rings. The van der Waals surface area contributed by atoms with Gasteiger partial charge in [-0.3, -0.25) is 110 Å². The van der Waals surface area contributed by atoms with Crippen molar-refractivity contribution in [3.63, 3.8) is 0 Å². The first kappa shape index (κ1) is 123. The topological polar surface area (TPSA) is 948 Å². The molecular weight excluding hydrogens is 1990 g/mol. The second-order valence-corrected chi connectivity index (χ2v) is 39.5. The number of thioether (sulfide) groups is 1. The van der Waals surface area contributed by atoms with Crippen molar-refractivity contribution in [1.29, 1.82) is 0 Å². The van der Waals surface area contributed by atoms with E-state index in [1.165, 1.54) is 37.4 Å². The zero-order chi connectivity index (χ0) is 108. The molecular formula is C80H123N20O39P3S. The van der Waals surface area contributed by atoms with E-state index in [9.17, 15) is 160 Å². The lowest BCUT2D eigenvalue weighted by molar-refractivity contribution is -0.142. The fraction of sp³-hybridized carbons (Fsp3) is 0.613. The molecule has 3 heterocycles. The van der Waals surface area contributed by atoms with E-state index in [-0.39, 0.29) is 87.3 Å². The first-order valence-corrected chi connectivity index (χ1v) is 50.0. The number of hydrogen-bond acceptors (Lipinski definition) is 35. The molecule has 19 atom stereocenters. The lowest BCUT2D eigenvalue weighted by atomic mass is 9.96. The Morgan fingerprint density at radius 3 is 1.46 bits per heavy atom. The maximum Gasteiger partial charge on any atom is 0.490 e. The van der Waals surface area contributed by atoms with Gasteiger partial charge in [-0.25, -0.2) is 23.4 Å². The van der Waals surface area contributed by atoms with Crippen LogP contribution in [0.15, 0.2) is 41.3 Å². The number of aliphatic hydroxyl groups excluding tert-OH is 2. The number of ether oxygens (including phenoxy) is 1. The van der Waals surface area contributed by atoms with Gasteiger partial charge in [0.05, 0.1) is 43.1 Å². The van der Waals surface area contributed by atoms with Gasteiger partial charge < -0.3 is 147 Å². The molecule has 143 heavy (non-hydrogen) atoms. The van der Waals surface area contributed by atoms with Crippen LogP contribution in [0.3, 0.4) is 0 Å². The highest BCUT2D eigenvalue weighted by atomic mass is 32.2. The number of nitrogens with two attached hydrogens (primary N) is 4. The van der Waals surface area contributed by atoms with E-state index in [0.29, 0.717) is 0 Å². The van der Waals surface area contributed by atoms with Gasteiger partial charge in [0.2, 0.25) is 94.5 Å². The monoisotopic (exact) mass is 2110 g/mol. The summed E-state index contributed by atoms with van der Waals surface area (Å²) in [6.07, 6.45) is -12.1. The SMILES string of the molecule is CC[C@H](C)[C@H](NC(=O)[C@H](CC(C)C)NC(=O)[C@H](CCCCN)NC(=O)[C@H](CCC(N)=O)NC(=O)[C@H](CCC(=O)O)NC(=O)[C@H](C)NC(=O)c1cccc(N2C(=O)CC(SCCNc3ccn([C@H]4C[C@H](O)[C@@H](COP(=O)(O)OP(=O)(O)OP(=O)(O)O)O4)c(=O)n3)C2=O)c1)C(=O)N[C@@H](CO)C(=O)N[C@@H](CCC(=O)O)C(=O)N[C@@H](CCC(=O)O)C(=O)N[C@@H](CC(=O)O)C(=O)N[C@@H](CC(C)C)C(=O)N[C@@H](CC(N)=O)C(N)=O. The minimum absolute atomic E-state index is 0.0146. The van der Waals surface area contributed by atoms with Gasteiger partial charge in [-0.15, -0.1) is 11.8 Å². The zero-order valence-electron chi connectivity index (χ0n) is 78.4. The number of phosphoric acid groups is 3. The van der Waals surface area contributed by atoms with E-state index in [1.54, 1.807) is 34.6 Å². The predicted molar refractivity (Wildman–Crippen MR) is 492 cm³/mol. The number of amides is 17. The van der Waals surface area contributed by atoms with Crippen molar-refractivity contribution < 1.29 is 182 Å². The molecule has 31 N–H and O–H groups in total. The van der Waals surface area contributed by atoms with Gasteiger partial charge in [0.15, 0.2) is 0 Å². The quantitative estimate of drug-likeness (QED) is 0.0166. The minimum atomic E-state index is -5.86. The average Bonchev–Trinajstić information content (AvgIpc) is 1.66. The average molecular weight is 2110 g/mol. The Hall–Kier alpha value is -12.4. The molecule has 0 saturated carbocycles. The predicted octanol–water partition coefficient (Wildman–Crippen LogP) is -6.88. The van der Waals surface area contributed by atoms with Crippen molar-refractivity contribution in [3.05, 3.63) is 52.6 Å². The van der Waals surface area contributed by atoms with Gasteiger partial charge in [0, 0.05) is 62.6 Å². The summed E-state index contributed by atoms with van der Waals surface area (Å²) in [4.78, 5) is 335. The van der Waals surface area contributed by atoms with Crippen LogP contribution in [0.4, 0.5) is 11.5 Å². The summed E-state index contributed by atoms with van der Waals surface area (Å²) >= 11 is 1.03. The number of carboxylic acid groups (broad SMARTS) is 4. The van der Waals surface area contributed by atoms with Gasteiger partial charge in [-0.05, 0) is 113 Å². The molecule has 63 heteroatoms. The number of hydrogen-bond donors (Lipinski definition) is 27. The Morgan fingerprint density at radius 2 is 1.00 bits per heavy atom. The maximum atomic E-state index is 14.6. The number of primary amides is 3. The van der Waals surface area contributed by atoms with Crippen LogP contribution in [-0.4, -0.2) is 306 Å². The highest BCUT2D eigenvalue weighted by Gasteiger charge is 2.46. The van der Waals surface area contributed by atoms with E-state index in [0.717, 1.165) is 34.2 Å². The molecule has 2 fully saturated rings. The number of benzene rings is 1. The molecule has 59 nitrogen and oxygen atoms in total. The molecule has 0 aliphatic carbocycles. The molecule has 798 valence electrons. The number of imide groups is 1. The Morgan fingerprint density at radius 1 is 0.538 bits per heavy atom. The Bertz CT molecular complexity index is 5150. The van der Waals surface area contributed by atoms with Crippen molar-refractivity contribution >= 4 is 171 Å². The van der Waals surface area contributed by atoms with Crippen LogP contribution >= 0.6 is 35.2 Å². The number of rotatable bonds is 66. The number of aliphatic hydroxyl groups is 2. The summed E-state index contributed by atoms with van der Waals surface area (Å²) in [5.41, 5.74) is 20.5. The minimum Gasteiger partial charge on any atom is -0.481 e.